The van der Waals surface area contributed by atoms with Crippen molar-refractivity contribution in [3.63, 3.8) is 0 Å². The molecule has 0 fully saturated rings. The summed E-state index contributed by atoms with van der Waals surface area (Å²) in [6.45, 7) is 2.00. The van der Waals surface area contributed by atoms with E-state index >= 15 is 0 Å². The maximum absolute atomic E-state index is 3.17. The summed E-state index contributed by atoms with van der Waals surface area (Å²) in [5.41, 5.74) is 1.26. The molecule has 0 amide bonds. The summed E-state index contributed by atoms with van der Waals surface area (Å²) in [4.78, 5) is 0. The van der Waals surface area contributed by atoms with Crippen molar-refractivity contribution < 1.29 is 17.1 Å². The second-order valence-electron chi connectivity index (χ2n) is 2.16. The molecule has 0 heterocycles. The molecular weight excluding hydrogens is 176 g/mol. The normalized spacial score (nSPS) is 15.9. The molecule has 0 nitrogen and oxygen atoms in total. The van der Waals surface area contributed by atoms with Gasteiger partial charge in [0.15, 0.2) is 0 Å². The number of hydrogen-bond acceptors (Lipinski definition) is 0. The fraction of sp³-hybridized carbons (Fsp3) is 0.200. The molecule has 0 N–H and O–H groups in total. The number of allylic oxidation sites excluding steroid dienone is 8. The monoisotopic (exact) mass is 187 g/mol. The first-order valence-electron chi connectivity index (χ1n) is 3.50. The smallest absolute Gasteiger partial charge is 0 e. The van der Waals surface area contributed by atoms with Crippen LogP contribution in [0.4, 0.5) is 0 Å². The molecule has 0 aromatic heterocycles. The fourth-order valence-corrected chi connectivity index (χ4v) is 0.806. The summed E-state index contributed by atoms with van der Waals surface area (Å²) >= 11 is 0. The van der Waals surface area contributed by atoms with E-state index in [9.17, 15) is 0 Å². The third-order valence-electron chi connectivity index (χ3n) is 1.33. The van der Waals surface area contributed by atoms with Crippen LogP contribution in [0.3, 0.4) is 0 Å². The van der Waals surface area contributed by atoms with E-state index in [1.165, 1.54) is 5.57 Å². The molecule has 60 valence electrons. The first-order chi connectivity index (χ1) is 4.93. The minimum atomic E-state index is 0. The Hall–Kier alpha value is -0.521. The summed E-state index contributed by atoms with van der Waals surface area (Å²) in [6.07, 6.45) is 16.4. The summed E-state index contributed by atoms with van der Waals surface area (Å²) in [5, 5.41) is 0. The Bertz CT molecular complexity index is 207. The van der Waals surface area contributed by atoms with Crippen LogP contribution in [0.5, 0.6) is 0 Å². The third-order valence-corrected chi connectivity index (χ3v) is 1.33. The molecule has 1 heteroatoms. The van der Waals surface area contributed by atoms with Gasteiger partial charge in [0, 0.05) is 17.1 Å². The van der Waals surface area contributed by atoms with Crippen LogP contribution in [-0.4, -0.2) is 0 Å². The molecule has 0 aromatic carbocycles. The van der Waals surface area contributed by atoms with Crippen LogP contribution in [0.25, 0.3) is 0 Å². The minimum Gasteiger partial charge on any atom is -0.180 e. The van der Waals surface area contributed by atoms with Crippen molar-refractivity contribution >= 4 is 0 Å². The molecule has 0 radical (unpaired) electrons. The van der Waals surface area contributed by atoms with Gasteiger partial charge >= 0.3 is 0 Å². The van der Waals surface area contributed by atoms with Crippen LogP contribution >= 0.6 is 0 Å². The van der Waals surface area contributed by atoms with E-state index in [4.69, 9.17) is 0 Å². The maximum atomic E-state index is 3.17. The van der Waals surface area contributed by atoms with E-state index in [1.54, 1.807) is 0 Å². The minimum absolute atomic E-state index is 0. The van der Waals surface area contributed by atoms with Gasteiger partial charge in [0.2, 0.25) is 0 Å². The van der Waals surface area contributed by atoms with E-state index in [0.717, 1.165) is 6.42 Å². The van der Waals surface area contributed by atoms with Gasteiger partial charge in [-0.25, -0.2) is 0 Å². The summed E-state index contributed by atoms with van der Waals surface area (Å²) in [6, 6.07) is 0. The zero-order valence-corrected chi connectivity index (χ0v) is 7.63. The molecule has 0 aliphatic heterocycles. The Balaban J connectivity index is 0.000001000. The molecular formula is C10H11Fe-. The Morgan fingerprint density at radius 3 is 2.91 bits per heavy atom. The summed E-state index contributed by atoms with van der Waals surface area (Å²) in [5.74, 6) is 0. The standard InChI is InChI=1S/C10H11.Fe/c1-2-3-4-7-10-8-5-6-9-10;/h2-6,8H,9H2,1H3;/q-1;. The molecule has 0 spiro atoms. The van der Waals surface area contributed by atoms with Gasteiger partial charge in [0.1, 0.15) is 0 Å². The van der Waals surface area contributed by atoms with Crippen LogP contribution in [-0.2, 0) is 17.1 Å². The molecule has 0 saturated heterocycles. The van der Waals surface area contributed by atoms with Crippen LogP contribution < -0.4 is 0 Å². The van der Waals surface area contributed by atoms with Crippen molar-refractivity contribution in [2.75, 3.05) is 0 Å². The average molecular weight is 187 g/mol. The largest absolute Gasteiger partial charge is 0.180 e. The van der Waals surface area contributed by atoms with E-state index in [2.05, 4.69) is 24.3 Å². The second kappa shape index (κ2) is 6.21. The van der Waals surface area contributed by atoms with Crippen LogP contribution in [0, 0.1) is 6.08 Å². The molecule has 1 aliphatic rings. The van der Waals surface area contributed by atoms with Gasteiger partial charge in [-0.3, -0.25) is 0 Å². The zero-order valence-electron chi connectivity index (χ0n) is 6.52. The van der Waals surface area contributed by atoms with Gasteiger partial charge in [-0.15, -0.1) is 12.2 Å². The quantitative estimate of drug-likeness (QED) is 0.354. The van der Waals surface area contributed by atoms with Gasteiger partial charge in [0.25, 0.3) is 0 Å². The SMILES string of the molecule is CC=CC=[C-]C1=CC=CC1.[Fe]. The van der Waals surface area contributed by atoms with Crippen LogP contribution in [0.2, 0.25) is 0 Å². The first kappa shape index (κ1) is 10.5. The second-order valence-corrected chi connectivity index (χ2v) is 2.16. The topological polar surface area (TPSA) is 0 Å². The van der Waals surface area contributed by atoms with Crippen molar-refractivity contribution in [2.24, 2.45) is 0 Å². The van der Waals surface area contributed by atoms with Crippen molar-refractivity contribution in [1.29, 1.82) is 0 Å². The average Bonchev–Trinajstić information content (AvgIpc) is 2.41. The number of rotatable bonds is 2. The van der Waals surface area contributed by atoms with E-state index in [-0.39, 0.29) is 17.1 Å². The Labute approximate surface area is 78.9 Å². The van der Waals surface area contributed by atoms with Crippen molar-refractivity contribution in [2.45, 2.75) is 13.3 Å². The van der Waals surface area contributed by atoms with Crippen molar-refractivity contribution in [1.82, 2.24) is 0 Å². The Kier molecular flexibility index (Phi) is 5.91. The van der Waals surface area contributed by atoms with Gasteiger partial charge in [-0.2, -0.15) is 29.9 Å². The van der Waals surface area contributed by atoms with E-state index in [0.29, 0.717) is 0 Å². The van der Waals surface area contributed by atoms with Gasteiger partial charge in [-0.1, -0.05) is 13.0 Å². The molecule has 0 saturated carbocycles. The molecule has 11 heavy (non-hydrogen) atoms. The van der Waals surface area contributed by atoms with Crippen LogP contribution in [0.1, 0.15) is 13.3 Å². The third kappa shape index (κ3) is 4.02. The Morgan fingerprint density at radius 1 is 1.55 bits per heavy atom. The van der Waals surface area contributed by atoms with Crippen LogP contribution in [0.15, 0.2) is 42.0 Å². The van der Waals surface area contributed by atoms with Crippen molar-refractivity contribution in [3.05, 3.63) is 48.1 Å². The molecule has 0 atom stereocenters. The van der Waals surface area contributed by atoms with Gasteiger partial charge < -0.3 is 0 Å². The van der Waals surface area contributed by atoms with Gasteiger partial charge in [-0.05, 0) is 6.42 Å². The molecule has 0 unspecified atom stereocenters. The summed E-state index contributed by atoms with van der Waals surface area (Å²) in [7, 11) is 0. The first-order valence-corrected chi connectivity index (χ1v) is 3.50. The van der Waals surface area contributed by atoms with Crippen molar-refractivity contribution in [3.8, 4) is 0 Å². The predicted molar refractivity (Wildman–Crippen MR) is 44.5 cm³/mol. The summed E-state index contributed by atoms with van der Waals surface area (Å²) < 4.78 is 0. The van der Waals surface area contributed by atoms with Gasteiger partial charge in [0.05, 0.1) is 0 Å². The Morgan fingerprint density at radius 2 is 2.36 bits per heavy atom. The van der Waals surface area contributed by atoms with E-state index < -0.39 is 0 Å². The molecule has 0 bridgehead atoms. The molecule has 1 rings (SSSR count). The zero-order chi connectivity index (χ0) is 7.23. The number of hydrogen-bond donors (Lipinski definition) is 0. The predicted octanol–water partition coefficient (Wildman–Crippen LogP) is 2.81. The molecule has 0 aromatic rings. The maximum Gasteiger partial charge on any atom is 0 e. The molecule has 1 aliphatic carbocycles. The van der Waals surface area contributed by atoms with E-state index in [1.807, 2.05) is 25.2 Å². The fourth-order valence-electron chi connectivity index (χ4n) is 0.806.